The van der Waals surface area contributed by atoms with Crippen LogP contribution in [-0.4, -0.2) is 4.98 Å². The smallest absolute Gasteiger partial charge is 0.419 e. The second-order valence-electron chi connectivity index (χ2n) is 4.81. The van der Waals surface area contributed by atoms with Gasteiger partial charge in [0, 0.05) is 0 Å². The average molecular weight is 341 g/mol. The van der Waals surface area contributed by atoms with Crippen molar-refractivity contribution in [2.24, 2.45) is 10.2 Å². The number of oxazole rings is 1. The molecule has 0 atom stereocenters. The van der Waals surface area contributed by atoms with Crippen LogP contribution in [0.1, 0.15) is 11.1 Å². The summed E-state index contributed by atoms with van der Waals surface area (Å²) in [6.45, 7) is 0.0126. The van der Waals surface area contributed by atoms with E-state index in [1.54, 1.807) is 18.2 Å². The van der Waals surface area contributed by atoms with Gasteiger partial charge in [-0.1, -0.05) is 6.07 Å². The van der Waals surface area contributed by atoms with E-state index in [4.69, 9.17) is 4.42 Å². The van der Waals surface area contributed by atoms with Crippen LogP contribution in [0.3, 0.4) is 0 Å². The molecule has 9 heteroatoms. The summed E-state index contributed by atoms with van der Waals surface area (Å²) < 4.78 is 69.5. The zero-order valence-corrected chi connectivity index (χ0v) is 11.8. The number of halogens is 5. The molecule has 3 aromatic rings. The Balaban J connectivity index is 1.80. The fourth-order valence-electron chi connectivity index (χ4n) is 2.03. The lowest BCUT2D eigenvalue weighted by molar-refractivity contribution is -0.140. The molecule has 2 aromatic carbocycles. The molecule has 124 valence electrons. The Morgan fingerprint density at radius 3 is 2.58 bits per heavy atom. The molecule has 0 aliphatic rings. The summed E-state index contributed by atoms with van der Waals surface area (Å²) in [6.07, 6.45) is -3.70. The molecular weight excluding hydrogens is 333 g/mol. The van der Waals surface area contributed by atoms with Crippen LogP contribution in [0.4, 0.5) is 27.6 Å². The van der Waals surface area contributed by atoms with Crippen molar-refractivity contribution in [3.05, 3.63) is 59.5 Å². The fourth-order valence-corrected chi connectivity index (χ4v) is 2.03. The zero-order chi connectivity index (χ0) is 17.3. The molecule has 0 aliphatic carbocycles. The van der Waals surface area contributed by atoms with Crippen molar-refractivity contribution in [3.63, 3.8) is 0 Å². The van der Waals surface area contributed by atoms with Gasteiger partial charge in [-0.25, -0.2) is 13.8 Å². The molecule has 0 spiro atoms. The standard InChI is InChI=1S/C15H8F5N3O/c16-13-9(15(18,19)20)2-4-11(14(13)17)23-22-6-8-1-3-10-12(5-8)24-7-21-10/h1-5,7H,6H2. The minimum absolute atomic E-state index is 0.0126. The largest absolute Gasteiger partial charge is 0.443 e. The Kier molecular flexibility index (Phi) is 4.00. The number of benzene rings is 2. The van der Waals surface area contributed by atoms with E-state index in [9.17, 15) is 22.0 Å². The molecular formula is C15H8F5N3O. The minimum atomic E-state index is -4.98. The highest BCUT2D eigenvalue weighted by Gasteiger charge is 2.36. The number of rotatable bonds is 3. The molecule has 1 heterocycles. The SMILES string of the molecule is Fc1c(N=NCc2ccc3ncoc3c2)ccc(C(F)(F)F)c1F. The Morgan fingerprint density at radius 2 is 1.83 bits per heavy atom. The molecule has 24 heavy (non-hydrogen) atoms. The van der Waals surface area contributed by atoms with E-state index >= 15 is 0 Å². The van der Waals surface area contributed by atoms with Crippen LogP contribution in [0.15, 0.2) is 51.4 Å². The summed E-state index contributed by atoms with van der Waals surface area (Å²) in [5, 5.41) is 7.12. The maximum atomic E-state index is 13.6. The number of hydrogen-bond donors (Lipinski definition) is 0. The molecule has 0 fully saturated rings. The van der Waals surface area contributed by atoms with Gasteiger partial charge in [-0.3, -0.25) is 0 Å². The van der Waals surface area contributed by atoms with Gasteiger partial charge in [0.2, 0.25) is 0 Å². The molecule has 1 aromatic heterocycles. The lowest BCUT2D eigenvalue weighted by Gasteiger charge is -2.08. The van der Waals surface area contributed by atoms with E-state index in [-0.39, 0.29) is 6.54 Å². The predicted molar refractivity (Wildman–Crippen MR) is 73.6 cm³/mol. The van der Waals surface area contributed by atoms with Gasteiger partial charge in [-0.15, -0.1) is 0 Å². The van der Waals surface area contributed by atoms with Crippen molar-refractivity contribution >= 4 is 16.8 Å². The van der Waals surface area contributed by atoms with Gasteiger partial charge in [0.15, 0.2) is 23.6 Å². The van der Waals surface area contributed by atoms with Crippen molar-refractivity contribution in [1.82, 2.24) is 4.98 Å². The van der Waals surface area contributed by atoms with Gasteiger partial charge < -0.3 is 4.42 Å². The van der Waals surface area contributed by atoms with Gasteiger partial charge in [0.05, 0.1) is 12.1 Å². The molecule has 0 bridgehead atoms. The lowest BCUT2D eigenvalue weighted by Crippen LogP contribution is -2.09. The Bertz CT molecular complexity index is 917. The third-order valence-electron chi connectivity index (χ3n) is 3.19. The van der Waals surface area contributed by atoms with Crippen LogP contribution in [-0.2, 0) is 12.7 Å². The molecule has 0 saturated heterocycles. The zero-order valence-electron chi connectivity index (χ0n) is 11.8. The van der Waals surface area contributed by atoms with E-state index in [1.807, 2.05) is 0 Å². The number of alkyl halides is 3. The third kappa shape index (κ3) is 3.10. The highest BCUT2D eigenvalue weighted by atomic mass is 19.4. The van der Waals surface area contributed by atoms with E-state index in [0.29, 0.717) is 22.7 Å². The molecule has 0 N–H and O–H groups in total. The van der Waals surface area contributed by atoms with Gasteiger partial charge in [0.1, 0.15) is 11.2 Å². The van der Waals surface area contributed by atoms with Gasteiger partial charge in [0.25, 0.3) is 0 Å². The first-order valence-corrected chi connectivity index (χ1v) is 6.61. The molecule has 0 saturated carbocycles. The fraction of sp³-hybridized carbons (Fsp3) is 0.133. The molecule has 3 rings (SSSR count). The maximum absolute atomic E-state index is 13.6. The monoisotopic (exact) mass is 341 g/mol. The van der Waals surface area contributed by atoms with Crippen molar-refractivity contribution in [3.8, 4) is 0 Å². The van der Waals surface area contributed by atoms with Gasteiger partial charge >= 0.3 is 6.18 Å². The molecule has 0 aliphatic heterocycles. The summed E-state index contributed by atoms with van der Waals surface area (Å²) >= 11 is 0. The summed E-state index contributed by atoms with van der Waals surface area (Å²) in [5.74, 6) is -3.69. The first kappa shape index (κ1) is 16.0. The first-order valence-electron chi connectivity index (χ1n) is 6.61. The lowest BCUT2D eigenvalue weighted by atomic mass is 10.2. The maximum Gasteiger partial charge on any atom is 0.419 e. The van der Waals surface area contributed by atoms with Crippen LogP contribution in [0.2, 0.25) is 0 Å². The van der Waals surface area contributed by atoms with E-state index in [2.05, 4.69) is 15.2 Å². The predicted octanol–water partition coefficient (Wildman–Crippen LogP) is 5.41. The first-order chi connectivity index (χ1) is 11.4. The normalized spacial score (nSPS) is 12.4. The van der Waals surface area contributed by atoms with Crippen molar-refractivity contribution in [1.29, 1.82) is 0 Å². The van der Waals surface area contributed by atoms with E-state index < -0.39 is 29.1 Å². The van der Waals surface area contributed by atoms with Crippen molar-refractivity contribution in [2.75, 3.05) is 0 Å². The van der Waals surface area contributed by atoms with E-state index in [0.717, 1.165) is 6.07 Å². The van der Waals surface area contributed by atoms with Gasteiger partial charge in [-0.2, -0.15) is 23.4 Å². The van der Waals surface area contributed by atoms with Crippen LogP contribution >= 0.6 is 0 Å². The molecule has 0 amide bonds. The number of nitrogens with zero attached hydrogens (tertiary/aromatic N) is 3. The van der Waals surface area contributed by atoms with Crippen LogP contribution < -0.4 is 0 Å². The number of azo groups is 1. The van der Waals surface area contributed by atoms with Crippen molar-refractivity contribution < 1.29 is 26.4 Å². The summed E-state index contributed by atoms with van der Waals surface area (Å²) in [7, 11) is 0. The molecule has 0 unspecified atom stereocenters. The number of hydrogen-bond acceptors (Lipinski definition) is 4. The second-order valence-corrected chi connectivity index (χ2v) is 4.81. The van der Waals surface area contributed by atoms with E-state index in [1.165, 1.54) is 6.39 Å². The Morgan fingerprint density at radius 1 is 1.04 bits per heavy atom. The van der Waals surface area contributed by atoms with Crippen LogP contribution in [0, 0.1) is 11.6 Å². The quantitative estimate of drug-likeness (QED) is 0.472. The number of fused-ring (bicyclic) bond motifs is 1. The minimum Gasteiger partial charge on any atom is -0.443 e. The molecule has 4 nitrogen and oxygen atoms in total. The number of aromatic nitrogens is 1. The van der Waals surface area contributed by atoms with Crippen molar-refractivity contribution in [2.45, 2.75) is 12.7 Å². The Labute approximate surface area is 131 Å². The topological polar surface area (TPSA) is 50.8 Å². The second kappa shape index (κ2) is 5.99. The summed E-state index contributed by atoms with van der Waals surface area (Å²) in [6, 6.07) is 6.17. The average Bonchev–Trinajstić information content (AvgIpc) is 2.98. The summed E-state index contributed by atoms with van der Waals surface area (Å²) in [4.78, 5) is 3.93. The van der Waals surface area contributed by atoms with Crippen LogP contribution in [0.25, 0.3) is 11.1 Å². The Hall–Kier alpha value is -2.84. The van der Waals surface area contributed by atoms with Gasteiger partial charge in [-0.05, 0) is 29.8 Å². The molecule has 0 radical (unpaired) electrons. The highest BCUT2D eigenvalue weighted by Crippen LogP contribution is 2.35. The van der Waals surface area contributed by atoms with Crippen LogP contribution in [0.5, 0.6) is 0 Å². The summed E-state index contributed by atoms with van der Waals surface area (Å²) in [5.41, 5.74) is -0.465. The highest BCUT2D eigenvalue weighted by molar-refractivity contribution is 5.72. The third-order valence-corrected chi connectivity index (χ3v) is 3.19.